The van der Waals surface area contributed by atoms with Crippen molar-refractivity contribution in [2.24, 2.45) is 0 Å². The van der Waals surface area contributed by atoms with Crippen LogP contribution in [0, 0.1) is 11.6 Å². The van der Waals surface area contributed by atoms with Crippen LogP contribution in [-0.4, -0.2) is 13.5 Å². The van der Waals surface area contributed by atoms with E-state index in [1.807, 2.05) is 0 Å². The number of hydrogen-bond donors (Lipinski definition) is 0. The monoisotopic (exact) mass is 228 g/mol. The zero-order valence-electron chi connectivity index (χ0n) is 7.15. The quantitative estimate of drug-likeness (QED) is 0.737. The van der Waals surface area contributed by atoms with Crippen molar-refractivity contribution >= 4 is 0 Å². The molecule has 1 aromatic rings. The summed E-state index contributed by atoms with van der Waals surface area (Å²) in [6.45, 7) is -4.74. The molecule has 0 saturated carbocycles. The Morgan fingerprint density at radius 1 is 1.20 bits per heavy atom. The van der Waals surface area contributed by atoms with Gasteiger partial charge in [-0.2, -0.15) is 13.2 Å². The van der Waals surface area contributed by atoms with Gasteiger partial charge in [0.05, 0.1) is 0 Å². The van der Waals surface area contributed by atoms with E-state index in [0.717, 1.165) is 6.07 Å². The summed E-state index contributed by atoms with van der Waals surface area (Å²) in [6.07, 6.45) is 0. The van der Waals surface area contributed by atoms with Crippen LogP contribution < -0.4 is 9.47 Å². The molecule has 0 saturated heterocycles. The van der Waals surface area contributed by atoms with Gasteiger partial charge < -0.3 is 9.47 Å². The molecule has 0 amide bonds. The van der Waals surface area contributed by atoms with Gasteiger partial charge in [0.15, 0.2) is 11.6 Å². The van der Waals surface area contributed by atoms with E-state index in [1.54, 1.807) is 0 Å². The van der Waals surface area contributed by atoms with E-state index in [4.69, 9.17) is 0 Å². The summed E-state index contributed by atoms with van der Waals surface area (Å²) in [5.41, 5.74) is 0. The highest BCUT2D eigenvalue weighted by Gasteiger charge is 2.19. The molecule has 15 heavy (non-hydrogen) atoms. The second-order valence-corrected chi connectivity index (χ2v) is 2.32. The fourth-order valence-electron chi connectivity index (χ4n) is 0.882. The largest absolute Gasteiger partial charge is 0.460 e. The van der Waals surface area contributed by atoms with E-state index in [-0.39, 0.29) is 0 Å². The smallest absolute Gasteiger partial charge is 0.387 e. The Bertz CT molecular complexity index is 342. The van der Waals surface area contributed by atoms with Crippen LogP contribution in [0.1, 0.15) is 0 Å². The maximum absolute atomic E-state index is 13.1. The standard InChI is InChI=1S/C8H5F5O2/c9-3-14-5-2-1-4(10)7(6(5)11)15-8(12)13/h1-2,8H,3H2. The van der Waals surface area contributed by atoms with E-state index < -0.39 is 36.6 Å². The normalized spacial score (nSPS) is 10.5. The molecule has 0 spiro atoms. The van der Waals surface area contributed by atoms with E-state index in [2.05, 4.69) is 9.47 Å². The summed E-state index contributed by atoms with van der Waals surface area (Å²) >= 11 is 0. The van der Waals surface area contributed by atoms with Gasteiger partial charge in [-0.3, -0.25) is 0 Å². The second-order valence-electron chi connectivity index (χ2n) is 2.32. The zero-order chi connectivity index (χ0) is 11.4. The Hall–Kier alpha value is -1.53. The molecule has 1 aromatic carbocycles. The highest BCUT2D eigenvalue weighted by Crippen LogP contribution is 2.30. The molecular formula is C8H5F5O2. The highest BCUT2D eigenvalue weighted by atomic mass is 19.3. The lowest BCUT2D eigenvalue weighted by Gasteiger charge is -2.09. The molecule has 0 aromatic heterocycles. The van der Waals surface area contributed by atoms with Gasteiger partial charge in [0.1, 0.15) is 0 Å². The van der Waals surface area contributed by atoms with Crippen molar-refractivity contribution in [3.8, 4) is 11.5 Å². The third kappa shape index (κ3) is 2.71. The van der Waals surface area contributed by atoms with Gasteiger partial charge in [0.25, 0.3) is 0 Å². The molecule has 0 unspecified atom stereocenters. The van der Waals surface area contributed by atoms with Crippen LogP contribution in [0.25, 0.3) is 0 Å². The fourth-order valence-corrected chi connectivity index (χ4v) is 0.882. The second kappa shape index (κ2) is 4.81. The van der Waals surface area contributed by atoms with Gasteiger partial charge in [-0.15, -0.1) is 0 Å². The zero-order valence-corrected chi connectivity index (χ0v) is 7.15. The van der Waals surface area contributed by atoms with Crippen molar-refractivity contribution in [3.63, 3.8) is 0 Å². The number of ether oxygens (including phenoxy) is 2. The van der Waals surface area contributed by atoms with Crippen molar-refractivity contribution in [2.45, 2.75) is 6.61 Å². The lowest BCUT2D eigenvalue weighted by atomic mass is 10.3. The first-order chi connectivity index (χ1) is 7.06. The van der Waals surface area contributed by atoms with E-state index in [1.165, 1.54) is 0 Å². The lowest BCUT2D eigenvalue weighted by Crippen LogP contribution is -2.07. The molecular weight excluding hydrogens is 223 g/mol. The van der Waals surface area contributed by atoms with Crippen LogP contribution in [0.2, 0.25) is 0 Å². The van der Waals surface area contributed by atoms with Gasteiger partial charge in [-0.05, 0) is 12.1 Å². The average molecular weight is 228 g/mol. The van der Waals surface area contributed by atoms with Crippen molar-refractivity contribution < 1.29 is 31.4 Å². The summed E-state index contributed by atoms with van der Waals surface area (Å²) in [7, 11) is 0. The SMILES string of the molecule is FCOc1ccc(F)c(OC(F)F)c1F. The first-order valence-electron chi connectivity index (χ1n) is 3.67. The molecule has 2 nitrogen and oxygen atoms in total. The number of benzene rings is 1. The molecule has 1 rings (SSSR count). The molecule has 7 heteroatoms. The Morgan fingerprint density at radius 2 is 1.87 bits per heavy atom. The van der Waals surface area contributed by atoms with Crippen LogP contribution in [-0.2, 0) is 0 Å². The van der Waals surface area contributed by atoms with E-state index in [0.29, 0.717) is 6.07 Å². The third-order valence-corrected chi connectivity index (χ3v) is 1.43. The molecule has 0 aliphatic heterocycles. The van der Waals surface area contributed by atoms with Crippen LogP contribution in [0.4, 0.5) is 22.0 Å². The van der Waals surface area contributed by atoms with Gasteiger partial charge in [-0.25, -0.2) is 8.78 Å². The number of alkyl halides is 3. The molecule has 0 aliphatic rings. The summed E-state index contributed by atoms with van der Waals surface area (Å²) in [5, 5.41) is 0. The number of hydrogen-bond acceptors (Lipinski definition) is 2. The minimum atomic E-state index is -3.38. The van der Waals surface area contributed by atoms with Crippen LogP contribution >= 0.6 is 0 Å². The molecule has 0 atom stereocenters. The van der Waals surface area contributed by atoms with Crippen LogP contribution in [0.5, 0.6) is 11.5 Å². The third-order valence-electron chi connectivity index (χ3n) is 1.43. The lowest BCUT2D eigenvalue weighted by molar-refractivity contribution is -0.0549. The Morgan fingerprint density at radius 3 is 2.40 bits per heavy atom. The molecule has 0 radical (unpaired) electrons. The van der Waals surface area contributed by atoms with Gasteiger partial charge in [0, 0.05) is 0 Å². The Labute approximate surface area is 81.2 Å². The van der Waals surface area contributed by atoms with Gasteiger partial charge in [-0.1, -0.05) is 0 Å². The van der Waals surface area contributed by atoms with Gasteiger partial charge >= 0.3 is 6.61 Å². The summed E-state index contributed by atoms with van der Waals surface area (Å²) in [5.74, 6) is -4.82. The van der Waals surface area contributed by atoms with Crippen molar-refractivity contribution in [1.29, 1.82) is 0 Å². The van der Waals surface area contributed by atoms with E-state index >= 15 is 0 Å². The predicted octanol–water partition coefficient (Wildman–Crippen LogP) is 2.87. The van der Waals surface area contributed by atoms with Crippen molar-refractivity contribution in [3.05, 3.63) is 23.8 Å². The van der Waals surface area contributed by atoms with Gasteiger partial charge in [0.2, 0.25) is 18.4 Å². The first kappa shape index (κ1) is 11.5. The maximum atomic E-state index is 13.1. The number of rotatable bonds is 4. The molecule has 0 aliphatic carbocycles. The molecule has 0 fully saturated rings. The molecule has 0 heterocycles. The summed E-state index contributed by atoms with van der Waals surface area (Å²) in [6, 6.07) is 1.40. The Balaban J connectivity index is 3.06. The summed E-state index contributed by atoms with van der Waals surface area (Å²) < 4.78 is 68.7. The molecule has 0 bridgehead atoms. The van der Waals surface area contributed by atoms with Crippen molar-refractivity contribution in [1.82, 2.24) is 0 Å². The van der Waals surface area contributed by atoms with Crippen molar-refractivity contribution in [2.75, 3.05) is 6.86 Å². The topological polar surface area (TPSA) is 18.5 Å². The minimum absolute atomic E-state index is 0.631. The minimum Gasteiger partial charge on any atom is -0.460 e. The first-order valence-corrected chi connectivity index (χ1v) is 3.67. The molecule has 0 N–H and O–H groups in total. The fraction of sp³-hybridized carbons (Fsp3) is 0.250. The highest BCUT2D eigenvalue weighted by molar-refractivity contribution is 5.36. The maximum Gasteiger partial charge on any atom is 0.387 e. The van der Waals surface area contributed by atoms with Crippen LogP contribution in [0.15, 0.2) is 12.1 Å². The summed E-state index contributed by atoms with van der Waals surface area (Å²) in [4.78, 5) is 0. The predicted molar refractivity (Wildman–Crippen MR) is 39.6 cm³/mol. The Kier molecular flexibility index (Phi) is 3.70. The van der Waals surface area contributed by atoms with Crippen LogP contribution in [0.3, 0.4) is 0 Å². The molecule has 84 valence electrons. The number of halogens is 5. The average Bonchev–Trinajstić information content (AvgIpc) is 2.17. The van der Waals surface area contributed by atoms with E-state index in [9.17, 15) is 22.0 Å².